The van der Waals surface area contributed by atoms with E-state index >= 15 is 0 Å². The number of hydrogen-bond donors (Lipinski definition) is 0. The molecule has 0 aliphatic heterocycles. The number of hydrogen-bond acceptors (Lipinski definition) is 3. The lowest BCUT2D eigenvalue weighted by molar-refractivity contribution is -0.149. The van der Waals surface area contributed by atoms with Crippen molar-refractivity contribution in [2.75, 3.05) is 7.11 Å². The Balaban J connectivity index is 2.29. The highest BCUT2D eigenvalue weighted by Crippen LogP contribution is 2.47. The van der Waals surface area contributed by atoms with Gasteiger partial charge in [-0.25, -0.2) is 0 Å². The first-order valence-corrected chi connectivity index (χ1v) is 6.33. The number of methoxy groups -OCH3 is 1. The van der Waals surface area contributed by atoms with E-state index in [0.29, 0.717) is 0 Å². The molecule has 0 spiro atoms. The molecule has 1 saturated carbocycles. The molecule has 0 bridgehead atoms. The normalized spacial score (nSPS) is 28.6. The van der Waals surface area contributed by atoms with Crippen LogP contribution in [0.3, 0.4) is 0 Å². The Morgan fingerprint density at radius 3 is 2.47 bits per heavy atom. The minimum absolute atomic E-state index is 0.127. The van der Waals surface area contributed by atoms with Gasteiger partial charge in [-0.15, -0.1) is 0 Å². The summed E-state index contributed by atoms with van der Waals surface area (Å²) in [5.41, 5.74) is 0.320. The summed E-state index contributed by atoms with van der Waals surface area (Å²) in [7, 11) is 1.40. The number of carbonyl (C=O) groups is 2. The topological polar surface area (TPSA) is 43.4 Å². The molecule has 2 aliphatic carbocycles. The largest absolute Gasteiger partial charge is 0.468 e. The second-order valence-electron chi connectivity index (χ2n) is 5.62. The third kappa shape index (κ3) is 1.92. The van der Waals surface area contributed by atoms with Crippen molar-refractivity contribution in [2.24, 2.45) is 17.3 Å². The quantitative estimate of drug-likeness (QED) is 0.692. The molecule has 3 heteroatoms. The van der Waals surface area contributed by atoms with Gasteiger partial charge in [-0.1, -0.05) is 12.8 Å². The molecular formula is C14H20O3. The van der Waals surface area contributed by atoms with E-state index in [0.717, 1.165) is 31.3 Å². The van der Waals surface area contributed by atoms with Crippen LogP contribution in [0.25, 0.3) is 0 Å². The van der Waals surface area contributed by atoms with Crippen molar-refractivity contribution < 1.29 is 14.3 Å². The molecule has 0 unspecified atom stereocenters. The highest BCUT2D eigenvalue weighted by atomic mass is 16.5. The smallest absolute Gasteiger partial charge is 0.315 e. The first kappa shape index (κ1) is 12.3. The number of fused-ring (bicyclic) bond motifs is 1. The molecule has 17 heavy (non-hydrogen) atoms. The Labute approximate surface area is 102 Å². The molecule has 94 valence electrons. The molecule has 0 N–H and O–H groups in total. The highest BCUT2D eigenvalue weighted by Gasteiger charge is 2.46. The summed E-state index contributed by atoms with van der Waals surface area (Å²) in [4.78, 5) is 23.8. The fourth-order valence-corrected chi connectivity index (χ4v) is 3.23. The van der Waals surface area contributed by atoms with E-state index in [1.165, 1.54) is 7.11 Å². The fraction of sp³-hybridized carbons (Fsp3) is 0.714. The summed E-state index contributed by atoms with van der Waals surface area (Å²) < 4.78 is 4.85. The summed E-state index contributed by atoms with van der Waals surface area (Å²) in [6, 6.07) is 0. The van der Waals surface area contributed by atoms with Crippen LogP contribution in [0, 0.1) is 17.3 Å². The average Bonchev–Trinajstić information content (AvgIpc) is 2.67. The average molecular weight is 236 g/mol. The molecule has 1 fully saturated rings. The predicted octanol–water partition coefficient (Wildman–Crippen LogP) is 2.50. The third-order valence-corrected chi connectivity index (χ3v) is 4.25. The number of allylic oxidation sites excluding steroid dienone is 1. The van der Waals surface area contributed by atoms with Gasteiger partial charge in [0.2, 0.25) is 0 Å². The lowest BCUT2D eigenvalue weighted by Gasteiger charge is -2.33. The van der Waals surface area contributed by atoms with Crippen LogP contribution >= 0.6 is 0 Å². The lowest BCUT2D eigenvalue weighted by Crippen LogP contribution is -2.32. The van der Waals surface area contributed by atoms with Gasteiger partial charge in [-0.05, 0) is 44.3 Å². The molecule has 0 saturated heterocycles. The summed E-state index contributed by atoms with van der Waals surface area (Å²) in [6.45, 7) is 3.71. The maximum atomic E-state index is 11.9. The predicted molar refractivity (Wildman–Crippen MR) is 64.3 cm³/mol. The van der Waals surface area contributed by atoms with Gasteiger partial charge in [0.05, 0.1) is 12.5 Å². The van der Waals surface area contributed by atoms with Crippen molar-refractivity contribution in [2.45, 2.75) is 39.5 Å². The molecular weight excluding hydrogens is 216 g/mol. The molecule has 2 rings (SSSR count). The van der Waals surface area contributed by atoms with E-state index in [-0.39, 0.29) is 23.6 Å². The maximum absolute atomic E-state index is 11.9. The van der Waals surface area contributed by atoms with Crippen LogP contribution < -0.4 is 0 Å². The van der Waals surface area contributed by atoms with Crippen molar-refractivity contribution in [3.63, 3.8) is 0 Å². The van der Waals surface area contributed by atoms with Gasteiger partial charge in [-0.3, -0.25) is 9.59 Å². The number of ketones is 1. The number of rotatable bonds is 2. The van der Waals surface area contributed by atoms with E-state index in [2.05, 4.69) is 0 Å². The first-order valence-electron chi connectivity index (χ1n) is 6.33. The standard InChI is InChI=1S/C14H20O3/c1-14(2,13(16)17-3)11-8-12(15)10-7-5-4-6-9(10)11/h8-10H,4-7H2,1-3H3/t9-,10+/m0/s1. The van der Waals surface area contributed by atoms with Crippen molar-refractivity contribution in [3.05, 3.63) is 11.6 Å². The molecule has 0 amide bonds. The van der Waals surface area contributed by atoms with Gasteiger partial charge in [0.25, 0.3) is 0 Å². The van der Waals surface area contributed by atoms with Crippen LogP contribution in [0.15, 0.2) is 11.6 Å². The SMILES string of the molecule is COC(=O)C(C)(C)C1=CC(=O)[C@@H]2CCCC[C@H]12. The minimum Gasteiger partial charge on any atom is -0.468 e. The van der Waals surface area contributed by atoms with Gasteiger partial charge in [0, 0.05) is 5.92 Å². The molecule has 2 aliphatic rings. The van der Waals surface area contributed by atoms with Crippen molar-refractivity contribution in [3.8, 4) is 0 Å². The monoisotopic (exact) mass is 236 g/mol. The number of esters is 1. The van der Waals surface area contributed by atoms with Crippen LogP contribution in [0.5, 0.6) is 0 Å². The van der Waals surface area contributed by atoms with E-state index in [4.69, 9.17) is 4.74 Å². The van der Waals surface area contributed by atoms with Crippen LogP contribution in [0.1, 0.15) is 39.5 Å². The summed E-state index contributed by atoms with van der Waals surface area (Å²) in [5, 5.41) is 0. The lowest BCUT2D eigenvalue weighted by atomic mass is 9.71. The zero-order valence-corrected chi connectivity index (χ0v) is 10.8. The highest BCUT2D eigenvalue weighted by molar-refractivity contribution is 5.98. The van der Waals surface area contributed by atoms with E-state index in [1.807, 2.05) is 13.8 Å². The van der Waals surface area contributed by atoms with Gasteiger partial charge in [0.15, 0.2) is 5.78 Å². The van der Waals surface area contributed by atoms with Gasteiger partial charge in [0.1, 0.15) is 0 Å². The molecule has 0 heterocycles. The summed E-state index contributed by atoms with van der Waals surface area (Å²) >= 11 is 0. The Morgan fingerprint density at radius 2 is 1.88 bits per heavy atom. The van der Waals surface area contributed by atoms with Gasteiger partial charge >= 0.3 is 5.97 Å². The van der Waals surface area contributed by atoms with Gasteiger partial charge in [-0.2, -0.15) is 0 Å². The Bertz CT molecular complexity index is 379. The third-order valence-electron chi connectivity index (χ3n) is 4.25. The summed E-state index contributed by atoms with van der Waals surface area (Å²) in [5.74, 6) is 0.359. The van der Waals surface area contributed by atoms with E-state index in [1.54, 1.807) is 6.08 Å². The molecule has 3 nitrogen and oxygen atoms in total. The van der Waals surface area contributed by atoms with Crippen LogP contribution in [-0.4, -0.2) is 18.9 Å². The van der Waals surface area contributed by atoms with Crippen molar-refractivity contribution in [1.82, 2.24) is 0 Å². The molecule has 0 aromatic heterocycles. The zero-order chi connectivity index (χ0) is 12.6. The fourth-order valence-electron chi connectivity index (χ4n) is 3.23. The summed E-state index contributed by atoms with van der Waals surface area (Å²) in [6.07, 6.45) is 6.00. The maximum Gasteiger partial charge on any atom is 0.315 e. The van der Waals surface area contributed by atoms with E-state index in [9.17, 15) is 9.59 Å². The second kappa shape index (κ2) is 4.28. The van der Waals surface area contributed by atoms with Crippen molar-refractivity contribution >= 4 is 11.8 Å². The second-order valence-corrected chi connectivity index (χ2v) is 5.62. The van der Waals surface area contributed by atoms with E-state index < -0.39 is 5.41 Å². The molecule has 0 radical (unpaired) electrons. The van der Waals surface area contributed by atoms with Crippen LogP contribution in [0.4, 0.5) is 0 Å². The molecule has 2 atom stereocenters. The number of carbonyl (C=O) groups excluding carboxylic acids is 2. The first-order chi connectivity index (χ1) is 7.98. The molecule has 0 aromatic carbocycles. The Morgan fingerprint density at radius 1 is 1.29 bits per heavy atom. The number of ether oxygens (including phenoxy) is 1. The minimum atomic E-state index is -0.666. The van der Waals surface area contributed by atoms with Crippen LogP contribution in [-0.2, 0) is 14.3 Å². The zero-order valence-electron chi connectivity index (χ0n) is 10.8. The van der Waals surface area contributed by atoms with Gasteiger partial charge < -0.3 is 4.74 Å². The molecule has 0 aromatic rings. The Hall–Kier alpha value is -1.12. The van der Waals surface area contributed by atoms with Crippen LogP contribution in [0.2, 0.25) is 0 Å². The van der Waals surface area contributed by atoms with Crippen molar-refractivity contribution in [1.29, 1.82) is 0 Å². The Kier molecular flexibility index (Phi) is 3.11.